The number of nitrogens with two attached hydrogens (primary N) is 1. The fraction of sp³-hybridized carbons (Fsp3) is 0. The van der Waals surface area contributed by atoms with Gasteiger partial charge in [0.15, 0.2) is 0 Å². The molecule has 0 aromatic heterocycles. The second kappa shape index (κ2) is 2.91. The molecule has 0 spiro atoms. The van der Waals surface area contributed by atoms with Gasteiger partial charge in [-0.2, -0.15) is 0 Å². The molecular formula is C6H8AsN. The van der Waals surface area contributed by atoms with Gasteiger partial charge in [-0.05, 0) is 0 Å². The quantitative estimate of drug-likeness (QED) is 0.570. The van der Waals surface area contributed by atoms with Gasteiger partial charge in [0.05, 0.1) is 0 Å². The Morgan fingerprint density at radius 2 is 1.75 bits per heavy atom. The zero-order valence-electron chi connectivity index (χ0n) is 4.46. The van der Waals surface area contributed by atoms with E-state index in [4.69, 9.17) is 4.65 Å². The summed E-state index contributed by atoms with van der Waals surface area (Å²) in [6.07, 6.45) is 0. The van der Waals surface area contributed by atoms with Crippen LogP contribution in [0.5, 0.6) is 0 Å². The molecule has 0 aliphatic heterocycles. The molecule has 0 heterocycles. The van der Waals surface area contributed by atoms with Crippen LogP contribution in [0.4, 0.5) is 0 Å². The molecule has 0 aliphatic carbocycles. The summed E-state index contributed by atoms with van der Waals surface area (Å²) in [7, 11) is 0. The van der Waals surface area contributed by atoms with E-state index in [0.29, 0.717) is 0 Å². The third kappa shape index (κ3) is 1.36. The Labute approximate surface area is 55.8 Å². The van der Waals surface area contributed by atoms with Crippen molar-refractivity contribution in [1.29, 1.82) is 0 Å². The van der Waals surface area contributed by atoms with Crippen molar-refractivity contribution in [2.75, 3.05) is 0 Å². The molecule has 1 aromatic rings. The number of rotatable bonds is 1. The molecule has 0 saturated heterocycles. The Morgan fingerprint density at radius 3 is 2.12 bits per heavy atom. The van der Waals surface area contributed by atoms with Crippen LogP contribution in [0.15, 0.2) is 30.3 Å². The fourth-order valence-electron chi connectivity index (χ4n) is 0.534. The van der Waals surface area contributed by atoms with E-state index >= 15 is 0 Å². The van der Waals surface area contributed by atoms with E-state index in [1.165, 1.54) is 4.35 Å². The second-order valence-corrected chi connectivity index (χ2v) is 3.33. The van der Waals surface area contributed by atoms with Crippen molar-refractivity contribution in [3.05, 3.63) is 30.3 Å². The van der Waals surface area contributed by atoms with Gasteiger partial charge in [0, 0.05) is 0 Å². The van der Waals surface area contributed by atoms with Gasteiger partial charge < -0.3 is 0 Å². The summed E-state index contributed by atoms with van der Waals surface area (Å²) in [4.78, 5) is 0. The number of hydrogen-bond acceptors (Lipinski definition) is 1. The first kappa shape index (κ1) is 5.87. The van der Waals surface area contributed by atoms with Crippen molar-refractivity contribution < 1.29 is 0 Å². The van der Waals surface area contributed by atoms with Gasteiger partial charge in [-0.3, -0.25) is 0 Å². The van der Waals surface area contributed by atoms with Crippen molar-refractivity contribution in [3.63, 3.8) is 0 Å². The van der Waals surface area contributed by atoms with Crippen molar-refractivity contribution in [2.45, 2.75) is 0 Å². The average Bonchev–Trinajstić information content (AvgIpc) is 1.90. The number of hydrogen-bond donors (Lipinski definition) is 1. The van der Waals surface area contributed by atoms with E-state index in [0.717, 1.165) is 0 Å². The van der Waals surface area contributed by atoms with Crippen molar-refractivity contribution >= 4 is 20.3 Å². The molecule has 2 N–H and O–H groups in total. The van der Waals surface area contributed by atoms with Crippen LogP contribution >= 0.6 is 0 Å². The maximum atomic E-state index is 5.47. The minimum absolute atomic E-state index is 0.304. The molecule has 0 fully saturated rings. The molecule has 8 heavy (non-hydrogen) atoms. The predicted molar refractivity (Wildman–Crippen MR) is 37.4 cm³/mol. The van der Waals surface area contributed by atoms with Crippen LogP contribution in [0.1, 0.15) is 0 Å². The molecule has 0 bridgehead atoms. The zero-order valence-corrected chi connectivity index (χ0v) is 6.56. The van der Waals surface area contributed by atoms with Gasteiger partial charge in [0.25, 0.3) is 0 Å². The van der Waals surface area contributed by atoms with E-state index in [-0.39, 0.29) is 16.0 Å². The molecule has 1 unspecified atom stereocenters. The average molecular weight is 169 g/mol. The topological polar surface area (TPSA) is 26.0 Å². The Balaban J connectivity index is 2.83. The van der Waals surface area contributed by atoms with E-state index in [1.54, 1.807) is 0 Å². The van der Waals surface area contributed by atoms with E-state index in [9.17, 15) is 0 Å². The molecule has 0 amide bonds. The summed E-state index contributed by atoms with van der Waals surface area (Å²) in [5.41, 5.74) is 0. The third-order valence-electron chi connectivity index (χ3n) is 0.940. The van der Waals surface area contributed by atoms with E-state index < -0.39 is 0 Å². The van der Waals surface area contributed by atoms with Gasteiger partial charge in [0.2, 0.25) is 0 Å². The predicted octanol–water partition coefficient (Wildman–Crippen LogP) is -0.378. The van der Waals surface area contributed by atoms with Gasteiger partial charge in [-0.1, -0.05) is 0 Å². The Bertz CT molecular complexity index is 150. The van der Waals surface area contributed by atoms with Crippen molar-refractivity contribution in [1.82, 2.24) is 0 Å². The second-order valence-electron chi connectivity index (χ2n) is 1.51. The van der Waals surface area contributed by atoms with Gasteiger partial charge in [-0.25, -0.2) is 0 Å². The molecule has 1 aromatic carbocycles. The standard InChI is InChI=1S/C6H8AsN/c8-7-6-4-2-1-3-5-6/h1-5,7H,8H2. The summed E-state index contributed by atoms with van der Waals surface area (Å²) in [6.45, 7) is 0. The van der Waals surface area contributed by atoms with Crippen LogP contribution < -0.4 is 9.00 Å². The minimum atomic E-state index is -0.304. The van der Waals surface area contributed by atoms with Crippen molar-refractivity contribution in [3.8, 4) is 0 Å². The van der Waals surface area contributed by atoms with Crippen LogP contribution in [0.3, 0.4) is 0 Å². The van der Waals surface area contributed by atoms with Gasteiger partial charge in [-0.15, -0.1) is 0 Å². The SMILES string of the molecule is N[AsH]c1ccccc1. The Hall–Kier alpha value is -0.262. The summed E-state index contributed by atoms with van der Waals surface area (Å²) >= 11 is -0.304. The monoisotopic (exact) mass is 169 g/mol. The van der Waals surface area contributed by atoms with Gasteiger partial charge in [0.1, 0.15) is 0 Å². The van der Waals surface area contributed by atoms with Crippen LogP contribution in [0.2, 0.25) is 0 Å². The summed E-state index contributed by atoms with van der Waals surface area (Å²) in [5, 5.41) is 0. The van der Waals surface area contributed by atoms with Crippen LogP contribution in [-0.4, -0.2) is 16.0 Å². The fourth-order valence-corrected chi connectivity index (χ4v) is 1.34. The van der Waals surface area contributed by atoms with Gasteiger partial charge >= 0.3 is 55.3 Å². The Kier molecular flexibility index (Phi) is 2.13. The first-order valence-electron chi connectivity index (χ1n) is 2.45. The zero-order chi connectivity index (χ0) is 5.82. The van der Waals surface area contributed by atoms with E-state index in [1.807, 2.05) is 18.2 Å². The third-order valence-corrected chi connectivity index (χ3v) is 2.34. The molecule has 2 heteroatoms. The molecule has 42 valence electrons. The van der Waals surface area contributed by atoms with Crippen LogP contribution in [0.25, 0.3) is 0 Å². The summed E-state index contributed by atoms with van der Waals surface area (Å²) < 4.78 is 6.79. The maximum absolute atomic E-state index is 5.47. The molecule has 0 aliphatic rings. The van der Waals surface area contributed by atoms with Crippen LogP contribution in [0, 0.1) is 0 Å². The summed E-state index contributed by atoms with van der Waals surface area (Å²) in [6, 6.07) is 10.2. The van der Waals surface area contributed by atoms with E-state index in [2.05, 4.69) is 12.1 Å². The summed E-state index contributed by atoms with van der Waals surface area (Å²) in [5.74, 6) is 0. The molecule has 1 rings (SSSR count). The molecule has 0 saturated carbocycles. The Morgan fingerprint density at radius 1 is 1.12 bits per heavy atom. The normalized spacial score (nSPS) is 10.6. The van der Waals surface area contributed by atoms with Crippen LogP contribution in [-0.2, 0) is 0 Å². The van der Waals surface area contributed by atoms with Crippen molar-refractivity contribution in [2.24, 2.45) is 4.65 Å². The molecule has 1 nitrogen and oxygen atoms in total. The first-order valence-corrected chi connectivity index (χ1v) is 4.71. The molecule has 1 atom stereocenters. The molecule has 0 radical (unpaired) electrons. The number of benzene rings is 1. The molecular weight excluding hydrogens is 161 g/mol. The first-order chi connectivity index (χ1) is 3.93.